The van der Waals surface area contributed by atoms with Crippen LogP contribution < -0.4 is 5.73 Å². The summed E-state index contributed by atoms with van der Waals surface area (Å²) in [6.45, 7) is 6.67. The Bertz CT molecular complexity index is 182. The van der Waals surface area contributed by atoms with Gasteiger partial charge in [0.15, 0.2) is 0 Å². The van der Waals surface area contributed by atoms with E-state index in [1.54, 1.807) is 13.8 Å². The molecule has 0 aliphatic heterocycles. The van der Waals surface area contributed by atoms with Gasteiger partial charge in [-0.15, -0.1) is 0 Å². The summed E-state index contributed by atoms with van der Waals surface area (Å²) >= 11 is 0. The molecule has 0 bridgehead atoms. The van der Waals surface area contributed by atoms with Crippen molar-refractivity contribution < 1.29 is 13.2 Å². The van der Waals surface area contributed by atoms with E-state index in [1.165, 1.54) is 4.90 Å². The van der Waals surface area contributed by atoms with Crippen molar-refractivity contribution in [2.75, 3.05) is 13.1 Å². The van der Waals surface area contributed by atoms with Crippen LogP contribution in [0.3, 0.4) is 0 Å². The molecule has 15 heavy (non-hydrogen) atoms. The quantitative estimate of drug-likeness (QED) is 0.780. The molecular weight excluding hydrogens is 205 g/mol. The molecule has 0 unspecified atom stereocenters. The van der Waals surface area contributed by atoms with Gasteiger partial charge in [0.2, 0.25) is 0 Å². The van der Waals surface area contributed by atoms with Crippen molar-refractivity contribution in [2.45, 2.75) is 51.9 Å². The average Bonchev–Trinajstić information content (AvgIpc) is 1.93. The maximum atomic E-state index is 12.2. The first-order chi connectivity index (χ1) is 6.51. The minimum absolute atomic E-state index is 0.117. The molecule has 0 radical (unpaired) electrons. The summed E-state index contributed by atoms with van der Waals surface area (Å²) < 4.78 is 36.6. The summed E-state index contributed by atoms with van der Waals surface area (Å²) in [7, 11) is 0. The number of nitrogens with zero attached hydrogens (tertiary/aromatic N) is 1. The molecule has 0 saturated carbocycles. The van der Waals surface area contributed by atoms with Crippen molar-refractivity contribution in [3.8, 4) is 0 Å². The first kappa shape index (κ1) is 14.7. The number of alkyl halides is 3. The van der Waals surface area contributed by atoms with E-state index in [0.29, 0.717) is 13.0 Å². The SMILES string of the molecule is CC(C)N(CCC(C)(C)N)CC(F)(F)F. The maximum Gasteiger partial charge on any atom is 0.401 e. The first-order valence-corrected chi connectivity index (χ1v) is 5.11. The normalized spacial score (nSPS) is 14.0. The van der Waals surface area contributed by atoms with Gasteiger partial charge in [0.25, 0.3) is 0 Å². The Balaban J connectivity index is 4.18. The van der Waals surface area contributed by atoms with Crippen molar-refractivity contribution in [1.29, 1.82) is 0 Å². The third-order valence-electron chi connectivity index (χ3n) is 2.16. The molecule has 2 N–H and O–H groups in total. The van der Waals surface area contributed by atoms with Gasteiger partial charge in [-0.2, -0.15) is 13.2 Å². The summed E-state index contributed by atoms with van der Waals surface area (Å²) in [5, 5.41) is 0. The molecule has 0 aliphatic carbocycles. The van der Waals surface area contributed by atoms with Crippen molar-refractivity contribution in [2.24, 2.45) is 5.73 Å². The van der Waals surface area contributed by atoms with Crippen LogP contribution in [0, 0.1) is 0 Å². The Morgan fingerprint density at radius 3 is 1.93 bits per heavy atom. The summed E-state index contributed by atoms with van der Waals surface area (Å²) in [5.41, 5.74) is 5.32. The minimum Gasteiger partial charge on any atom is -0.326 e. The lowest BCUT2D eigenvalue weighted by molar-refractivity contribution is -0.150. The van der Waals surface area contributed by atoms with Gasteiger partial charge in [0.05, 0.1) is 6.54 Å². The monoisotopic (exact) mass is 226 g/mol. The van der Waals surface area contributed by atoms with E-state index >= 15 is 0 Å². The molecular formula is C10H21F3N2. The van der Waals surface area contributed by atoms with E-state index in [4.69, 9.17) is 5.73 Å². The molecule has 0 heterocycles. The molecule has 0 amide bonds. The zero-order chi connectivity index (χ0) is 12.3. The number of nitrogens with two attached hydrogens (primary N) is 1. The second kappa shape index (κ2) is 5.16. The van der Waals surface area contributed by atoms with Crippen LogP contribution in [0.15, 0.2) is 0 Å². The molecule has 0 rings (SSSR count). The zero-order valence-corrected chi connectivity index (χ0v) is 9.86. The third kappa shape index (κ3) is 8.69. The van der Waals surface area contributed by atoms with Gasteiger partial charge in [-0.05, 0) is 34.1 Å². The van der Waals surface area contributed by atoms with Crippen molar-refractivity contribution in [1.82, 2.24) is 4.90 Å². The Morgan fingerprint density at radius 2 is 1.67 bits per heavy atom. The molecule has 5 heteroatoms. The van der Waals surface area contributed by atoms with Gasteiger partial charge in [-0.3, -0.25) is 4.90 Å². The molecule has 0 aliphatic rings. The number of halogens is 3. The number of hydrogen-bond acceptors (Lipinski definition) is 2. The van der Waals surface area contributed by atoms with Crippen molar-refractivity contribution in [3.63, 3.8) is 0 Å². The zero-order valence-electron chi connectivity index (χ0n) is 9.86. The lowest BCUT2D eigenvalue weighted by Crippen LogP contribution is -2.43. The van der Waals surface area contributed by atoms with Gasteiger partial charge >= 0.3 is 6.18 Å². The van der Waals surface area contributed by atoms with E-state index in [0.717, 1.165) is 0 Å². The van der Waals surface area contributed by atoms with Crippen LogP contribution in [-0.4, -0.2) is 35.7 Å². The highest BCUT2D eigenvalue weighted by Crippen LogP contribution is 2.19. The highest BCUT2D eigenvalue weighted by atomic mass is 19.4. The van der Waals surface area contributed by atoms with Gasteiger partial charge in [0.1, 0.15) is 0 Å². The molecule has 0 atom stereocenters. The van der Waals surface area contributed by atoms with E-state index in [2.05, 4.69) is 0 Å². The van der Waals surface area contributed by atoms with Gasteiger partial charge in [-0.25, -0.2) is 0 Å². The number of rotatable bonds is 5. The van der Waals surface area contributed by atoms with E-state index < -0.39 is 18.3 Å². The van der Waals surface area contributed by atoms with E-state index in [9.17, 15) is 13.2 Å². The maximum absolute atomic E-state index is 12.2. The lowest BCUT2D eigenvalue weighted by atomic mass is 10.0. The Hall–Kier alpha value is -0.290. The standard InChI is InChI=1S/C10H21F3N2/c1-8(2)15(7-10(11,12)13)6-5-9(3,4)14/h8H,5-7,14H2,1-4H3. The largest absolute Gasteiger partial charge is 0.401 e. The highest BCUT2D eigenvalue weighted by Gasteiger charge is 2.32. The molecule has 0 aromatic carbocycles. The smallest absolute Gasteiger partial charge is 0.326 e. The van der Waals surface area contributed by atoms with Crippen LogP contribution in [0.1, 0.15) is 34.1 Å². The van der Waals surface area contributed by atoms with Crippen LogP contribution in [-0.2, 0) is 0 Å². The Morgan fingerprint density at radius 1 is 1.20 bits per heavy atom. The van der Waals surface area contributed by atoms with Crippen LogP contribution in [0.2, 0.25) is 0 Å². The summed E-state index contributed by atoms with van der Waals surface area (Å²) in [4.78, 5) is 1.40. The average molecular weight is 226 g/mol. The molecule has 0 aromatic heterocycles. The van der Waals surface area contributed by atoms with E-state index in [-0.39, 0.29) is 6.04 Å². The van der Waals surface area contributed by atoms with Gasteiger partial charge < -0.3 is 5.73 Å². The fraction of sp³-hybridized carbons (Fsp3) is 1.00. The molecule has 0 aromatic rings. The predicted molar refractivity (Wildman–Crippen MR) is 55.6 cm³/mol. The summed E-state index contributed by atoms with van der Waals surface area (Å²) in [6.07, 6.45) is -3.58. The lowest BCUT2D eigenvalue weighted by Gasteiger charge is -2.30. The molecule has 0 spiro atoms. The third-order valence-corrected chi connectivity index (χ3v) is 2.16. The fourth-order valence-corrected chi connectivity index (χ4v) is 1.18. The van der Waals surface area contributed by atoms with Crippen molar-refractivity contribution >= 4 is 0 Å². The van der Waals surface area contributed by atoms with E-state index in [1.807, 2.05) is 13.8 Å². The number of hydrogen-bond donors (Lipinski definition) is 1. The molecule has 0 saturated heterocycles. The first-order valence-electron chi connectivity index (χ1n) is 5.11. The minimum atomic E-state index is -4.14. The second-order valence-corrected chi connectivity index (χ2v) is 4.92. The van der Waals surface area contributed by atoms with Crippen molar-refractivity contribution in [3.05, 3.63) is 0 Å². The van der Waals surface area contributed by atoms with Crippen LogP contribution in [0.25, 0.3) is 0 Å². The Kier molecular flexibility index (Phi) is 5.06. The summed E-state index contributed by atoms with van der Waals surface area (Å²) in [5.74, 6) is 0. The van der Waals surface area contributed by atoms with Crippen LogP contribution >= 0.6 is 0 Å². The topological polar surface area (TPSA) is 29.3 Å². The van der Waals surface area contributed by atoms with Crippen LogP contribution in [0.5, 0.6) is 0 Å². The molecule has 92 valence electrons. The fourth-order valence-electron chi connectivity index (χ4n) is 1.18. The Labute approximate surface area is 89.6 Å². The van der Waals surface area contributed by atoms with Gasteiger partial charge in [-0.1, -0.05) is 0 Å². The summed E-state index contributed by atoms with van der Waals surface area (Å²) in [6, 6.07) is -0.117. The highest BCUT2D eigenvalue weighted by molar-refractivity contribution is 4.76. The molecule has 2 nitrogen and oxygen atoms in total. The predicted octanol–water partition coefficient (Wildman–Crippen LogP) is 2.39. The van der Waals surface area contributed by atoms with Gasteiger partial charge in [0, 0.05) is 18.1 Å². The molecule has 0 fully saturated rings. The van der Waals surface area contributed by atoms with Crippen LogP contribution in [0.4, 0.5) is 13.2 Å². The second-order valence-electron chi connectivity index (χ2n) is 4.92.